The molecule has 0 fully saturated rings. The van der Waals surface area contributed by atoms with Crippen LogP contribution in [-0.2, 0) is 4.79 Å². The first-order valence-electron chi connectivity index (χ1n) is 5.67. The molecule has 4 nitrogen and oxygen atoms in total. The number of likely N-dealkylation sites (N-methyl/N-ethyl adjacent to an activating group) is 1. The molecular weight excluding hydrogens is 190 g/mol. The summed E-state index contributed by atoms with van der Waals surface area (Å²) < 4.78 is 0. The van der Waals surface area contributed by atoms with Gasteiger partial charge in [-0.25, -0.2) is 0 Å². The van der Waals surface area contributed by atoms with Crippen LogP contribution >= 0.6 is 0 Å². The maximum absolute atomic E-state index is 11.7. The van der Waals surface area contributed by atoms with Crippen molar-refractivity contribution in [2.24, 2.45) is 11.7 Å². The SMILES string of the molecule is CCCC(CN)C(=O)NCC(C)N(C)C. The minimum Gasteiger partial charge on any atom is -0.354 e. The normalized spacial score (nSPS) is 15.1. The molecule has 1 amide bonds. The second-order valence-electron chi connectivity index (χ2n) is 4.28. The molecule has 0 radical (unpaired) electrons. The Morgan fingerprint density at radius 3 is 2.47 bits per heavy atom. The number of nitrogens with two attached hydrogens (primary N) is 1. The molecule has 90 valence electrons. The monoisotopic (exact) mass is 215 g/mol. The summed E-state index contributed by atoms with van der Waals surface area (Å²) in [5, 5.41) is 2.94. The number of rotatable bonds is 7. The van der Waals surface area contributed by atoms with Crippen molar-refractivity contribution in [3.63, 3.8) is 0 Å². The summed E-state index contributed by atoms with van der Waals surface area (Å²) in [6.07, 6.45) is 1.87. The maximum atomic E-state index is 11.7. The number of nitrogens with zero attached hydrogens (tertiary/aromatic N) is 1. The second-order valence-corrected chi connectivity index (χ2v) is 4.28. The summed E-state index contributed by atoms with van der Waals surface area (Å²) >= 11 is 0. The Morgan fingerprint density at radius 2 is 2.07 bits per heavy atom. The van der Waals surface area contributed by atoms with Gasteiger partial charge in [-0.1, -0.05) is 13.3 Å². The van der Waals surface area contributed by atoms with Gasteiger partial charge in [-0.3, -0.25) is 4.79 Å². The highest BCUT2D eigenvalue weighted by Gasteiger charge is 2.16. The van der Waals surface area contributed by atoms with Gasteiger partial charge in [-0.15, -0.1) is 0 Å². The van der Waals surface area contributed by atoms with Gasteiger partial charge in [0.05, 0.1) is 5.92 Å². The molecule has 4 heteroatoms. The first kappa shape index (κ1) is 14.4. The first-order valence-corrected chi connectivity index (χ1v) is 5.67. The van der Waals surface area contributed by atoms with Crippen LogP contribution in [0.5, 0.6) is 0 Å². The number of carbonyl (C=O) groups is 1. The topological polar surface area (TPSA) is 58.4 Å². The van der Waals surface area contributed by atoms with Gasteiger partial charge < -0.3 is 16.0 Å². The van der Waals surface area contributed by atoms with Gasteiger partial charge in [-0.2, -0.15) is 0 Å². The van der Waals surface area contributed by atoms with E-state index in [1.807, 2.05) is 14.1 Å². The Balaban J connectivity index is 3.90. The summed E-state index contributed by atoms with van der Waals surface area (Å²) in [6.45, 7) is 5.28. The van der Waals surface area contributed by atoms with Crippen molar-refractivity contribution >= 4 is 5.91 Å². The van der Waals surface area contributed by atoms with Crippen LogP contribution in [0.3, 0.4) is 0 Å². The molecule has 2 atom stereocenters. The van der Waals surface area contributed by atoms with Crippen LogP contribution in [0, 0.1) is 5.92 Å². The van der Waals surface area contributed by atoms with E-state index >= 15 is 0 Å². The Hall–Kier alpha value is -0.610. The van der Waals surface area contributed by atoms with Gasteiger partial charge in [0.1, 0.15) is 0 Å². The van der Waals surface area contributed by atoms with Crippen LogP contribution in [0.15, 0.2) is 0 Å². The van der Waals surface area contributed by atoms with Crippen molar-refractivity contribution in [1.29, 1.82) is 0 Å². The Kier molecular flexibility index (Phi) is 7.34. The zero-order valence-electron chi connectivity index (χ0n) is 10.4. The van der Waals surface area contributed by atoms with E-state index < -0.39 is 0 Å². The molecule has 0 aliphatic heterocycles. The molecule has 0 aliphatic rings. The largest absolute Gasteiger partial charge is 0.354 e. The summed E-state index contributed by atoms with van der Waals surface area (Å²) in [6, 6.07) is 0.356. The molecule has 0 aromatic carbocycles. The van der Waals surface area contributed by atoms with Crippen LogP contribution in [0.4, 0.5) is 0 Å². The fourth-order valence-electron chi connectivity index (χ4n) is 1.28. The third kappa shape index (κ3) is 5.74. The lowest BCUT2D eigenvalue weighted by atomic mass is 10.0. The number of nitrogens with one attached hydrogen (secondary N) is 1. The van der Waals surface area contributed by atoms with E-state index in [1.165, 1.54) is 0 Å². The molecule has 0 spiro atoms. The number of hydrogen-bond donors (Lipinski definition) is 2. The van der Waals surface area contributed by atoms with Gasteiger partial charge in [0.2, 0.25) is 5.91 Å². The van der Waals surface area contributed by atoms with E-state index in [9.17, 15) is 4.79 Å². The zero-order valence-corrected chi connectivity index (χ0v) is 10.4. The average molecular weight is 215 g/mol. The summed E-state index contributed by atoms with van der Waals surface area (Å²) in [5.74, 6) is 0.0670. The fourth-order valence-corrected chi connectivity index (χ4v) is 1.28. The third-order valence-corrected chi connectivity index (χ3v) is 2.75. The van der Waals surface area contributed by atoms with Crippen molar-refractivity contribution in [3.8, 4) is 0 Å². The number of amides is 1. The van der Waals surface area contributed by atoms with E-state index in [4.69, 9.17) is 5.73 Å². The summed E-state index contributed by atoms with van der Waals surface area (Å²) in [4.78, 5) is 13.8. The standard InChI is InChI=1S/C11H25N3O/c1-5-6-10(7-12)11(15)13-8-9(2)14(3)4/h9-10H,5-8,12H2,1-4H3,(H,13,15). The minimum absolute atomic E-state index is 0.0237. The predicted molar refractivity (Wildman–Crippen MR) is 63.6 cm³/mol. The molecule has 0 saturated heterocycles. The summed E-state index contributed by atoms with van der Waals surface area (Å²) in [7, 11) is 4.01. The van der Waals surface area contributed by atoms with Crippen LogP contribution in [0.25, 0.3) is 0 Å². The Morgan fingerprint density at radius 1 is 1.47 bits per heavy atom. The Labute approximate surface area is 93.2 Å². The van der Waals surface area contributed by atoms with Gasteiger partial charge >= 0.3 is 0 Å². The second kappa shape index (κ2) is 7.65. The molecule has 15 heavy (non-hydrogen) atoms. The molecule has 0 heterocycles. The molecule has 2 unspecified atom stereocenters. The van der Waals surface area contributed by atoms with E-state index in [-0.39, 0.29) is 11.8 Å². The molecule has 3 N–H and O–H groups in total. The maximum Gasteiger partial charge on any atom is 0.224 e. The van der Waals surface area contributed by atoms with Crippen LogP contribution in [0.2, 0.25) is 0 Å². The quantitative estimate of drug-likeness (QED) is 0.647. The molecule has 0 aromatic heterocycles. The van der Waals surface area contributed by atoms with Crippen molar-refractivity contribution in [1.82, 2.24) is 10.2 Å². The highest BCUT2D eigenvalue weighted by molar-refractivity contribution is 5.78. The van der Waals surface area contributed by atoms with Crippen LogP contribution in [0.1, 0.15) is 26.7 Å². The number of carbonyl (C=O) groups excluding carboxylic acids is 1. The van der Waals surface area contributed by atoms with Crippen molar-refractivity contribution < 1.29 is 4.79 Å². The minimum atomic E-state index is -0.0237. The predicted octanol–water partition coefficient (Wildman–Crippen LogP) is 0.428. The smallest absolute Gasteiger partial charge is 0.224 e. The van der Waals surface area contributed by atoms with Gasteiger partial charge in [0.25, 0.3) is 0 Å². The van der Waals surface area contributed by atoms with E-state index in [2.05, 4.69) is 24.1 Å². The molecule has 0 aromatic rings. The van der Waals surface area contributed by atoms with Crippen molar-refractivity contribution in [2.45, 2.75) is 32.7 Å². The Bertz CT molecular complexity index is 183. The lowest BCUT2D eigenvalue weighted by Gasteiger charge is -2.21. The molecule has 0 bridgehead atoms. The lowest BCUT2D eigenvalue weighted by molar-refractivity contribution is -0.125. The van der Waals surface area contributed by atoms with Gasteiger partial charge in [-0.05, 0) is 27.4 Å². The van der Waals surface area contributed by atoms with Crippen molar-refractivity contribution in [2.75, 3.05) is 27.2 Å². The van der Waals surface area contributed by atoms with E-state index in [1.54, 1.807) is 0 Å². The van der Waals surface area contributed by atoms with Crippen LogP contribution in [-0.4, -0.2) is 44.0 Å². The third-order valence-electron chi connectivity index (χ3n) is 2.75. The molecule has 0 aliphatic carbocycles. The summed E-state index contributed by atoms with van der Waals surface area (Å²) in [5.41, 5.74) is 5.55. The fraction of sp³-hybridized carbons (Fsp3) is 0.909. The first-order chi connectivity index (χ1) is 7.02. The van der Waals surface area contributed by atoms with Crippen molar-refractivity contribution in [3.05, 3.63) is 0 Å². The highest BCUT2D eigenvalue weighted by Crippen LogP contribution is 2.04. The molecule has 0 rings (SSSR count). The van der Waals surface area contributed by atoms with E-state index in [0.29, 0.717) is 19.1 Å². The molecule has 0 saturated carbocycles. The zero-order chi connectivity index (χ0) is 11.8. The van der Waals surface area contributed by atoms with Gasteiger partial charge in [0.15, 0.2) is 0 Å². The highest BCUT2D eigenvalue weighted by atomic mass is 16.1. The van der Waals surface area contributed by atoms with Gasteiger partial charge in [0, 0.05) is 19.1 Å². The average Bonchev–Trinajstić information content (AvgIpc) is 2.21. The van der Waals surface area contributed by atoms with E-state index in [0.717, 1.165) is 12.8 Å². The lowest BCUT2D eigenvalue weighted by Crippen LogP contribution is -2.42. The van der Waals surface area contributed by atoms with Crippen LogP contribution < -0.4 is 11.1 Å². The number of hydrogen-bond acceptors (Lipinski definition) is 3. The molecular formula is C11H25N3O.